The monoisotopic (exact) mass is 400 g/mol. The standard InChI is InChI=1S/C22H36N6O/c1-4-23-22(24-15-18-11-8-12-20(25-18)27(2)3)26-19-13-14-28(16-19)21(29)17-9-6-5-7-10-17/h8,11-12,17,19H,4-7,9-10,13-16H2,1-3H3,(H2,23,24,26). The summed E-state index contributed by atoms with van der Waals surface area (Å²) in [5.41, 5.74) is 0.939. The second kappa shape index (κ2) is 10.5. The number of pyridine rings is 1. The van der Waals surface area contributed by atoms with E-state index >= 15 is 0 Å². The first-order chi connectivity index (χ1) is 14.1. The molecule has 1 aliphatic heterocycles. The molecule has 160 valence electrons. The van der Waals surface area contributed by atoms with Crippen LogP contribution in [-0.2, 0) is 11.3 Å². The second-order valence-electron chi connectivity index (χ2n) is 8.33. The predicted octanol–water partition coefficient (Wildman–Crippen LogP) is 2.38. The fraction of sp³-hybridized carbons (Fsp3) is 0.682. The maximum absolute atomic E-state index is 12.8. The molecule has 1 saturated heterocycles. The summed E-state index contributed by atoms with van der Waals surface area (Å²) in [6.45, 7) is 5.01. The van der Waals surface area contributed by atoms with Crippen molar-refractivity contribution in [2.45, 2.75) is 58.0 Å². The Labute approximate surface area is 175 Å². The molecule has 1 aromatic heterocycles. The van der Waals surface area contributed by atoms with E-state index in [0.717, 1.165) is 56.4 Å². The number of anilines is 1. The Morgan fingerprint density at radius 1 is 1.24 bits per heavy atom. The number of nitrogens with one attached hydrogen (secondary N) is 2. The zero-order chi connectivity index (χ0) is 20.6. The van der Waals surface area contributed by atoms with Crippen LogP contribution in [0.1, 0.15) is 51.1 Å². The quantitative estimate of drug-likeness (QED) is 0.567. The van der Waals surface area contributed by atoms with Crippen LogP contribution in [0.2, 0.25) is 0 Å². The van der Waals surface area contributed by atoms with Crippen molar-refractivity contribution in [2.24, 2.45) is 10.9 Å². The van der Waals surface area contributed by atoms with Crippen LogP contribution >= 0.6 is 0 Å². The molecule has 0 bridgehead atoms. The fourth-order valence-electron chi connectivity index (χ4n) is 4.16. The summed E-state index contributed by atoms with van der Waals surface area (Å²) in [7, 11) is 3.98. The van der Waals surface area contributed by atoms with Crippen LogP contribution in [0, 0.1) is 5.92 Å². The summed E-state index contributed by atoms with van der Waals surface area (Å²) < 4.78 is 0. The van der Waals surface area contributed by atoms with E-state index in [0.29, 0.717) is 12.5 Å². The van der Waals surface area contributed by atoms with E-state index in [1.54, 1.807) is 0 Å². The third-order valence-corrected chi connectivity index (χ3v) is 5.79. The highest BCUT2D eigenvalue weighted by molar-refractivity contribution is 5.81. The topological polar surface area (TPSA) is 72.9 Å². The van der Waals surface area contributed by atoms with Crippen LogP contribution in [0.25, 0.3) is 0 Å². The number of likely N-dealkylation sites (tertiary alicyclic amines) is 1. The van der Waals surface area contributed by atoms with Gasteiger partial charge >= 0.3 is 0 Å². The van der Waals surface area contributed by atoms with Crippen molar-refractivity contribution in [3.05, 3.63) is 23.9 Å². The minimum absolute atomic E-state index is 0.249. The van der Waals surface area contributed by atoms with Gasteiger partial charge in [0.25, 0.3) is 0 Å². The van der Waals surface area contributed by atoms with E-state index in [2.05, 4.69) is 27.4 Å². The van der Waals surface area contributed by atoms with Crippen molar-refractivity contribution in [1.29, 1.82) is 0 Å². The van der Waals surface area contributed by atoms with Gasteiger partial charge in [-0.2, -0.15) is 0 Å². The van der Waals surface area contributed by atoms with Gasteiger partial charge in [0.15, 0.2) is 5.96 Å². The number of nitrogens with zero attached hydrogens (tertiary/aromatic N) is 4. The molecule has 7 heteroatoms. The molecule has 1 atom stereocenters. The smallest absolute Gasteiger partial charge is 0.225 e. The third kappa shape index (κ3) is 6.08. The Hall–Kier alpha value is -2.31. The number of rotatable bonds is 6. The number of carbonyl (C=O) groups excluding carboxylic acids is 1. The van der Waals surface area contributed by atoms with Crippen LogP contribution in [0.4, 0.5) is 5.82 Å². The van der Waals surface area contributed by atoms with E-state index in [-0.39, 0.29) is 12.0 Å². The molecule has 0 spiro atoms. The van der Waals surface area contributed by atoms with Gasteiger partial charge in [0.05, 0.1) is 12.2 Å². The maximum atomic E-state index is 12.8. The lowest BCUT2D eigenvalue weighted by Gasteiger charge is -2.26. The number of aromatic nitrogens is 1. The summed E-state index contributed by atoms with van der Waals surface area (Å²) in [5, 5.41) is 6.84. The Bertz CT molecular complexity index is 698. The molecular formula is C22H36N6O. The number of aliphatic imine (C=N–C) groups is 1. The largest absolute Gasteiger partial charge is 0.363 e. The first-order valence-electron chi connectivity index (χ1n) is 11.0. The Kier molecular flexibility index (Phi) is 7.72. The summed E-state index contributed by atoms with van der Waals surface area (Å²) >= 11 is 0. The maximum Gasteiger partial charge on any atom is 0.225 e. The first kappa shape index (κ1) is 21.4. The van der Waals surface area contributed by atoms with Crippen LogP contribution in [-0.4, -0.2) is 61.5 Å². The summed E-state index contributed by atoms with van der Waals surface area (Å²) in [6.07, 6.45) is 6.78. The molecule has 2 aliphatic rings. The molecule has 1 unspecified atom stereocenters. The van der Waals surface area contributed by atoms with Crippen molar-refractivity contribution in [3.8, 4) is 0 Å². The van der Waals surface area contributed by atoms with Gasteiger partial charge in [0, 0.05) is 45.7 Å². The van der Waals surface area contributed by atoms with Gasteiger partial charge < -0.3 is 20.4 Å². The SMILES string of the molecule is CCNC(=NCc1cccc(N(C)C)n1)NC1CCN(C(=O)C2CCCCC2)C1. The van der Waals surface area contributed by atoms with E-state index in [1.165, 1.54) is 19.3 Å². The molecule has 2 fully saturated rings. The van der Waals surface area contributed by atoms with Crippen molar-refractivity contribution in [3.63, 3.8) is 0 Å². The summed E-state index contributed by atoms with van der Waals surface area (Å²) in [6, 6.07) is 6.26. The molecule has 2 N–H and O–H groups in total. The average Bonchev–Trinajstić information content (AvgIpc) is 3.21. The number of carbonyl (C=O) groups is 1. The number of amides is 1. The van der Waals surface area contributed by atoms with Gasteiger partial charge in [-0.25, -0.2) is 9.98 Å². The van der Waals surface area contributed by atoms with Crippen molar-refractivity contribution in [2.75, 3.05) is 38.6 Å². The molecule has 0 radical (unpaired) electrons. The van der Waals surface area contributed by atoms with Gasteiger partial charge in [-0.05, 0) is 38.3 Å². The predicted molar refractivity (Wildman–Crippen MR) is 118 cm³/mol. The van der Waals surface area contributed by atoms with Gasteiger partial charge in [-0.1, -0.05) is 25.3 Å². The molecule has 1 aliphatic carbocycles. The third-order valence-electron chi connectivity index (χ3n) is 5.79. The highest BCUT2D eigenvalue weighted by atomic mass is 16.2. The molecule has 7 nitrogen and oxygen atoms in total. The Morgan fingerprint density at radius 2 is 2.03 bits per heavy atom. The van der Waals surface area contributed by atoms with Gasteiger partial charge in [0.1, 0.15) is 5.82 Å². The molecule has 29 heavy (non-hydrogen) atoms. The van der Waals surface area contributed by atoms with Crippen molar-refractivity contribution >= 4 is 17.7 Å². The van der Waals surface area contributed by atoms with Crippen LogP contribution in [0.15, 0.2) is 23.2 Å². The van der Waals surface area contributed by atoms with E-state index in [4.69, 9.17) is 4.99 Å². The van der Waals surface area contributed by atoms with Crippen molar-refractivity contribution in [1.82, 2.24) is 20.5 Å². The summed E-state index contributed by atoms with van der Waals surface area (Å²) in [4.78, 5) is 26.2. The average molecular weight is 401 g/mol. The van der Waals surface area contributed by atoms with Crippen LogP contribution < -0.4 is 15.5 Å². The molecule has 1 amide bonds. The van der Waals surface area contributed by atoms with Crippen LogP contribution in [0.3, 0.4) is 0 Å². The van der Waals surface area contributed by atoms with Crippen LogP contribution in [0.5, 0.6) is 0 Å². The summed E-state index contributed by atoms with van der Waals surface area (Å²) in [5.74, 6) is 2.34. The molecular weight excluding hydrogens is 364 g/mol. The molecule has 0 aromatic carbocycles. The highest BCUT2D eigenvalue weighted by Gasteiger charge is 2.31. The second-order valence-corrected chi connectivity index (χ2v) is 8.33. The lowest BCUT2D eigenvalue weighted by atomic mass is 9.88. The molecule has 3 rings (SSSR count). The Morgan fingerprint density at radius 3 is 2.76 bits per heavy atom. The number of hydrogen-bond donors (Lipinski definition) is 2. The lowest BCUT2D eigenvalue weighted by molar-refractivity contribution is -0.135. The van der Waals surface area contributed by atoms with Crippen molar-refractivity contribution < 1.29 is 4.79 Å². The fourth-order valence-corrected chi connectivity index (χ4v) is 4.16. The van der Waals surface area contributed by atoms with Gasteiger partial charge in [0.2, 0.25) is 5.91 Å². The zero-order valence-electron chi connectivity index (χ0n) is 18.2. The van der Waals surface area contributed by atoms with E-state index in [9.17, 15) is 4.79 Å². The minimum atomic E-state index is 0.249. The zero-order valence-corrected chi connectivity index (χ0v) is 18.2. The normalized spacial score (nSPS) is 20.6. The highest BCUT2D eigenvalue weighted by Crippen LogP contribution is 2.26. The van der Waals surface area contributed by atoms with Gasteiger partial charge in [-0.3, -0.25) is 4.79 Å². The first-order valence-corrected chi connectivity index (χ1v) is 11.0. The Balaban J connectivity index is 1.55. The van der Waals surface area contributed by atoms with E-state index < -0.39 is 0 Å². The molecule has 1 aromatic rings. The van der Waals surface area contributed by atoms with Gasteiger partial charge in [-0.15, -0.1) is 0 Å². The lowest BCUT2D eigenvalue weighted by Crippen LogP contribution is -2.45. The minimum Gasteiger partial charge on any atom is -0.363 e. The number of guanidine groups is 1. The van der Waals surface area contributed by atoms with E-state index in [1.807, 2.05) is 37.2 Å². The number of hydrogen-bond acceptors (Lipinski definition) is 4. The molecule has 2 heterocycles. The molecule has 1 saturated carbocycles.